The van der Waals surface area contributed by atoms with Gasteiger partial charge in [0.1, 0.15) is 5.82 Å². The highest BCUT2D eigenvalue weighted by atomic mass is 16.6. The van der Waals surface area contributed by atoms with Crippen LogP contribution in [0.3, 0.4) is 0 Å². The van der Waals surface area contributed by atoms with Crippen LogP contribution in [0.1, 0.15) is 18.9 Å². The second-order valence-corrected chi connectivity index (χ2v) is 4.43. The number of pyridine rings is 1. The minimum atomic E-state index is -0.486. The summed E-state index contributed by atoms with van der Waals surface area (Å²) in [5, 5.41) is 13.9. The Hall–Kier alpha value is -2.63. The molecule has 0 bridgehead atoms. The van der Waals surface area contributed by atoms with Gasteiger partial charge in [-0.1, -0.05) is 25.5 Å². The zero-order valence-electron chi connectivity index (χ0n) is 11.2. The van der Waals surface area contributed by atoms with Crippen LogP contribution < -0.4 is 11.1 Å². The van der Waals surface area contributed by atoms with Gasteiger partial charge in [0.05, 0.1) is 4.92 Å². The number of nitrogens with two attached hydrogens (primary N) is 1. The van der Waals surface area contributed by atoms with Crippen LogP contribution in [-0.2, 0) is 6.42 Å². The van der Waals surface area contributed by atoms with Gasteiger partial charge < -0.3 is 11.1 Å². The van der Waals surface area contributed by atoms with Gasteiger partial charge in [-0.15, -0.1) is 0 Å². The Morgan fingerprint density at radius 3 is 2.55 bits per heavy atom. The van der Waals surface area contributed by atoms with Crippen molar-refractivity contribution in [3.8, 4) is 0 Å². The van der Waals surface area contributed by atoms with Crippen molar-refractivity contribution in [3.63, 3.8) is 0 Å². The zero-order valence-corrected chi connectivity index (χ0v) is 11.2. The van der Waals surface area contributed by atoms with Gasteiger partial charge >= 0.3 is 5.69 Å². The van der Waals surface area contributed by atoms with Gasteiger partial charge in [-0.2, -0.15) is 0 Å². The molecule has 0 aliphatic heterocycles. The van der Waals surface area contributed by atoms with Gasteiger partial charge in [-0.25, -0.2) is 4.98 Å². The molecule has 0 spiro atoms. The maximum Gasteiger partial charge on any atom is 0.311 e. The summed E-state index contributed by atoms with van der Waals surface area (Å²) in [6, 6.07) is 10.5. The molecule has 104 valence electrons. The third kappa shape index (κ3) is 3.23. The molecule has 0 fully saturated rings. The topological polar surface area (TPSA) is 94.1 Å². The van der Waals surface area contributed by atoms with E-state index in [1.165, 1.54) is 17.7 Å². The predicted octanol–water partition coefficient (Wildman–Crippen LogP) is 3.27. The van der Waals surface area contributed by atoms with Crippen molar-refractivity contribution in [2.75, 3.05) is 11.1 Å². The van der Waals surface area contributed by atoms with E-state index in [9.17, 15) is 10.1 Å². The number of hydrogen-bond donors (Lipinski definition) is 2. The van der Waals surface area contributed by atoms with E-state index in [1.54, 1.807) is 0 Å². The highest BCUT2D eigenvalue weighted by Gasteiger charge is 2.15. The largest absolute Gasteiger partial charge is 0.384 e. The van der Waals surface area contributed by atoms with Crippen LogP contribution in [0.15, 0.2) is 36.4 Å². The highest BCUT2D eigenvalue weighted by molar-refractivity contribution is 5.67. The summed E-state index contributed by atoms with van der Waals surface area (Å²) in [4.78, 5) is 14.4. The summed E-state index contributed by atoms with van der Waals surface area (Å²) in [6.45, 7) is 2.12. The number of anilines is 3. The van der Waals surface area contributed by atoms with Crippen molar-refractivity contribution in [1.82, 2.24) is 4.98 Å². The lowest BCUT2D eigenvalue weighted by molar-refractivity contribution is -0.384. The van der Waals surface area contributed by atoms with E-state index in [0.717, 1.165) is 18.5 Å². The van der Waals surface area contributed by atoms with E-state index in [4.69, 9.17) is 5.73 Å². The fourth-order valence-electron chi connectivity index (χ4n) is 1.89. The average molecular weight is 272 g/mol. The van der Waals surface area contributed by atoms with Crippen LogP contribution >= 0.6 is 0 Å². The van der Waals surface area contributed by atoms with Crippen LogP contribution in [0.5, 0.6) is 0 Å². The number of aromatic nitrogens is 1. The molecule has 0 atom stereocenters. The van der Waals surface area contributed by atoms with Crippen molar-refractivity contribution < 1.29 is 4.92 Å². The molecular weight excluding hydrogens is 256 g/mol. The van der Waals surface area contributed by atoms with Crippen LogP contribution in [-0.4, -0.2) is 9.91 Å². The van der Waals surface area contributed by atoms with E-state index in [-0.39, 0.29) is 17.3 Å². The molecule has 0 aliphatic rings. The third-order valence-electron chi connectivity index (χ3n) is 2.85. The SMILES string of the molecule is CCCc1ccc(Nc2nc(N)ccc2[N+](=O)[O-])cc1. The van der Waals surface area contributed by atoms with E-state index >= 15 is 0 Å². The fraction of sp³-hybridized carbons (Fsp3) is 0.214. The fourth-order valence-corrected chi connectivity index (χ4v) is 1.89. The number of benzene rings is 1. The molecule has 6 heteroatoms. The molecule has 0 unspecified atom stereocenters. The molecule has 3 N–H and O–H groups in total. The first-order valence-corrected chi connectivity index (χ1v) is 6.37. The summed E-state index contributed by atoms with van der Waals surface area (Å²) in [7, 11) is 0. The maximum absolute atomic E-state index is 10.9. The molecule has 1 aromatic heterocycles. The number of rotatable bonds is 5. The number of nitro groups is 1. The minimum absolute atomic E-state index is 0.100. The smallest absolute Gasteiger partial charge is 0.311 e. The van der Waals surface area contributed by atoms with E-state index in [1.807, 2.05) is 24.3 Å². The van der Waals surface area contributed by atoms with Gasteiger partial charge in [-0.3, -0.25) is 10.1 Å². The van der Waals surface area contributed by atoms with E-state index in [2.05, 4.69) is 17.2 Å². The molecule has 1 aromatic carbocycles. The van der Waals surface area contributed by atoms with Crippen molar-refractivity contribution >= 4 is 23.0 Å². The van der Waals surface area contributed by atoms with E-state index in [0.29, 0.717) is 0 Å². The monoisotopic (exact) mass is 272 g/mol. The minimum Gasteiger partial charge on any atom is -0.384 e. The Bertz CT molecular complexity index is 611. The standard InChI is InChI=1S/C14H16N4O2/c1-2-3-10-4-6-11(7-5-10)16-14-12(18(19)20)8-9-13(15)17-14/h4-9H,2-3H2,1H3,(H3,15,16,17). The predicted molar refractivity (Wildman–Crippen MR) is 79.0 cm³/mol. The van der Waals surface area contributed by atoms with Crippen molar-refractivity contribution in [3.05, 3.63) is 52.1 Å². The lowest BCUT2D eigenvalue weighted by atomic mass is 10.1. The number of nitrogens with one attached hydrogen (secondary N) is 1. The first-order chi connectivity index (χ1) is 9.60. The Labute approximate surface area is 116 Å². The summed E-state index contributed by atoms with van der Waals surface area (Å²) >= 11 is 0. The van der Waals surface area contributed by atoms with Crippen LogP contribution in [0.2, 0.25) is 0 Å². The van der Waals surface area contributed by atoms with Gasteiger partial charge in [0.2, 0.25) is 5.82 Å². The molecule has 6 nitrogen and oxygen atoms in total. The van der Waals surface area contributed by atoms with Gasteiger partial charge in [0.15, 0.2) is 0 Å². The summed E-state index contributed by atoms with van der Waals surface area (Å²) < 4.78 is 0. The Balaban J connectivity index is 2.25. The Morgan fingerprint density at radius 2 is 1.95 bits per heavy atom. The molecular formula is C14H16N4O2. The first kappa shape index (κ1) is 13.8. The maximum atomic E-state index is 10.9. The number of aryl methyl sites for hydroxylation is 1. The zero-order chi connectivity index (χ0) is 14.5. The summed E-state index contributed by atoms with van der Waals surface area (Å²) in [6.07, 6.45) is 2.09. The van der Waals surface area contributed by atoms with Crippen molar-refractivity contribution in [2.24, 2.45) is 0 Å². The normalized spacial score (nSPS) is 10.2. The average Bonchev–Trinajstić information content (AvgIpc) is 2.41. The van der Waals surface area contributed by atoms with Crippen molar-refractivity contribution in [2.45, 2.75) is 19.8 Å². The highest BCUT2D eigenvalue weighted by Crippen LogP contribution is 2.26. The second kappa shape index (κ2) is 6.01. The lowest BCUT2D eigenvalue weighted by Gasteiger charge is -2.07. The third-order valence-corrected chi connectivity index (χ3v) is 2.85. The van der Waals surface area contributed by atoms with Gasteiger partial charge in [0, 0.05) is 11.8 Å². The number of nitrogens with zero attached hydrogens (tertiary/aromatic N) is 2. The molecule has 0 saturated carbocycles. The molecule has 1 heterocycles. The quantitative estimate of drug-likeness (QED) is 0.643. The lowest BCUT2D eigenvalue weighted by Crippen LogP contribution is -2.02. The molecule has 2 aromatic rings. The number of hydrogen-bond acceptors (Lipinski definition) is 5. The second-order valence-electron chi connectivity index (χ2n) is 4.43. The van der Waals surface area contributed by atoms with Crippen LogP contribution in [0.4, 0.5) is 23.0 Å². The summed E-state index contributed by atoms with van der Waals surface area (Å²) in [5.41, 5.74) is 7.44. The van der Waals surface area contributed by atoms with Gasteiger partial charge in [-0.05, 0) is 30.2 Å². The molecule has 2 rings (SSSR count). The molecule has 20 heavy (non-hydrogen) atoms. The number of nitrogen functional groups attached to an aromatic ring is 1. The van der Waals surface area contributed by atoms with Gasteiger partial charge in [0.25, 0.3) is 0 Å². The Morgan fingerprint density at radius 1 is 1.25 bits per heavy atom. The molecule has 0 aliphatic carbocycles. The van der Waals surface area contributed by atoms with Crippen molar-refractivity contribution in [1.29, 1.82) is 0 Å². The molecule has 0 radical (unpaired) electrons. The molecule has 0 amide bonds. The van der Waals surface area contributed by atoms with E-state index < -0.39 is 4.92 Å². The van der Waals surface area contributed by atoms with Crippen LogP contribution in [0, 0.1) is 10.1 Å². The molecule has 0 saturated heterocycles. The van der Waals surface area contributed by atoms with Crippen LogP contribution in [0.25, 0.3) is 0 Å². The first-order valence-electron chi connectivity index (χ1n) is 6.37. The Kier molecular flexibility index (Phi) is 4.14. The summed E-state index contributed by atoms with van der Waals surface area (Å²) in [5.74, 6) is 0.388.